The first-order chi connectivity index (χ1) is 41.1. The van der Waals surface area contributed by atoms with E-state index in [1.54, 1.807) is 6.07 Å². The van der Waals surface area contributed by atoms with Crippen LogP contribution in [0.2, 0.25) is 0 Å². The molecule has 0 radical (unpaired) electrons. The van der Waals surface area contributed by atoms with Crippen LogP contribution >= 0.6 is 22.7 Å². The first-order valence-electron chi connectivity index (χ1n) is 28.2. The van der Waals surface area contributed by atoms with Crippen molar-refractivity contribution in [3.8, 4) is 27.9 Å². The zero-order valence-corrected chi connectivity index (χ0v) is 46.2. The van der Waals surface area contributed by atoms with Crippen LogP contribution in [-0.4, -0.2) is 4.57 Å². The van der Waals surface area contributed by atoms with Crippen molar-refractivity contribution in [2.75, 3.05) is 9.80 Å². The maximum Gasteiger partial charge on any atom is 0.123 e. The van der Waals surface area contributed by atoms with E-state index in [0.29, 0.717) is 0 Å². The van der Waals surface area contributed by atoms with Crippen LogP contribution in [0.5, 0.6) is 0 Å². The largest absolute Gasteiger partial charge is 0.310 e. The molecule has 0 N–H and O–H groups in total. The van der Waals surface area contributed by atoms with Crippen molar-refractivity contribution in [3.63, 3.8) is 0 Å². The molecule has 3 aromatic heterocycles. The summed E-state index contributed by atoms with van der Waals surface area (Å²) in [5.41, 5.74) is 17.4. The maximum atomic E-state index is 16.7. The predicted octanol–water partition coefficient (Wildman–Crippen LogP) is 22.1. The van der Waals surface area contributed by atoms with Crippen molar-refractivity contribution in [1.82, 2.24) is 4.57 Å². The molecule has 0 bridgehead atoms. The highest BCUT2D eigenvalue weighted by Gasteiger charge is 2.53. The van der Waals surface area contributed by atoms with Gasteiger partial charge < -0.3 is 14.4 Å². The van der Waals surface area contributed by atoms with Crippen molar-refractivity contribution in [3.05, 3.63) is 307 Å². The molecule has 16 aromatic rings. The lowest BCUT2D eigenvalue weighted by Crippen LogP contribution is -2.26. The van der Waals surface area contributed by atoms with Crippen LogP contribution in [0.1, 0.15) is 22.3 Å². The molecule has 1 spiro atoms. The van der Waals surface area contributed by atoms with Gasteiger partial charge in [-0.2, -0.15) is 0 Å². The van der Waals surface area contributed by atoms with Gasteiger partial charge in [-0.05, 0) is 189 Å². The van der Waals surface area contributed by atoms with Gasteiger partial charge in [-0.15, -0.1) is 22.7 Å². The molecule has 1 atom stereocenters. The second-order valence-electron chi connectivity index (χ2n) is 22.0. The molecule has 0 saturated heterocycles. The van der Waals surface area contributed by atoms with E-state index in [1.807, 2.05) is 34.8 Å². The Morgan fingerprint density at radius 1 is 0.337 bits per heavy atom. The summed E-state index contributed by atoms with van der Waals surface area (Å²) in [5.74, 6) is -0.254. The van der Waals surface area contributed by atoms with Gasteiger partial charge in [-0.3, -0.25) is 0 Å². The summed E-state index contributed by atoms with van der Waals surface area (Å²) < 4.78 is 24.2. The number of anilines is 6. The number of thiophene rings is 2. The molecule has 83 heavy (non-hydrogen) atoms. The molecule has 0 saturated carbocycles. The maximum absolute atomic E-state index is 16.7. The molecular formula is C77H46FN3S2. The van der Waals surface area contributed by atoms with Gasteiger partial charge in [0.15, 0.2) is 0 Å². The van der Waals surface area contributed by atoms with Gasteiger partial charge in [-0.1, -0.05) is 146 Å². The van der Waals surface area contributed by atoms with Gasteiger partial charge in [0.05, 0.1) is 22.1 Å². The Bertz CT molecular complexity index is 5370. The lowest BCUT2D eigenvalue weighted by molar-refractivity contribution is 0.622. The van der Waals surface area contributed by atoms with Crippen molar-refractivity contribution in [2.45, 2.75) is 5.41 Å². The molecule has 18 rings (SSSR count). The molecule has 2 aliphatic rings. The van der Waals surface area contributed by atoms with Crippen LogP contribution in [0.4, 0.5) is 38.5 Å². The summed E-state index contributed by atoms with van der Waals surface area (Å²) in [6.07, 6.45) is 0. The van der Waals surface area contributed by atoms with Crippen molar-refractivity contribution >= 4 is 130 Å². The van der Waals surface area contributed by atoms with Gasteiger partial charge in [0.25, 0.3) is 0 Å². The Labute approximate surface area is 485 Å². The summed E-state index contributed by atoms with van der Waals surface area (Å²) in [6, 6.07) is 101. The Balaban J connectivity index is 1.04. The average molecular weight is 1100 g/mol. The highest BCUT2D eigenvalue weighted by Crippen LogP contribution is 2.66. The fourth-order valence-electron chi connectivity index (χ4n) is 14.4. The Hall–Kier alpha value is -10.1. The van der Waals surface area contributed by atoms with Gasteiger partial charge in [0, 0.05) is 85.2 Å². The zero-order valence-electron chi connectivity index (χ0n) is 44.6. The highest BCUT2D eigenvalue weighted by atomic mass is 32.1. The molecule has 388 valence electrons. The van der Waals surface area contributed by atoms with E-state index in [4.69, 9.17) is 0 Å². The van der Waals surface area contributed by atoms with Crippen LogP contribution in [0.3, 0.4) is 0 Å². The smallest absolute Gasteiger partial charge is 0.123 e. The summed E-state index contributed by atoms with van der Waals surface area (Å²) in [5, 5.41) is 9.49. The lowest BCUT2D eigenvalue weighted by atomic mass is 9.70. The first kappa shape index (κ1) is 46.6. The Kier molecular flexibility index (Phi) is 9.94. The SMILES string of the molecule is Fc1ccc2c(c1)[C@]1(c3ccccc3-2)c2cc3ccccc3cc2-c2c1cc(N(c1ccccc1)c1ccc3sc4ccccc4c3c1)c1c2c2cc(N(c3ccccc3)c3ccc4sc5ccccc5c4c3)ccc2n1-c1ccccc1. The number of halogens is 1. The number of nitrogens with zero attached hydrogens (tertiary/aromatic N) is 3. The minimum Gasteiger partial charge on any atom is -0.310 e. The van der Waals surface area contributed by atoms with Gasteiger partial charge in [-0.25, -0.2) is 4.39 Å². The van der Waals surface area contributed by atoms with Gasteiger partial charge in [0.2, 0.25) is 0 Å². The van der Waals surface area contributed by atoms with Crippen LogP contribution in [0.15, 0.2) is 279 Å². The van der Waals surface area contributed by atoms with Crippen LogP contribution in [0.25, 0.3) is 101 Å². The molecule has 13 aromatic carbocycles. The third-order valence-electron chi connectivity index (χ3n) is 17.7. The van der Waals surface area contributed by atoms with E-state index in [0.717, 1.165) is 117 Å². The first-order valence-corrected chi connectivity index (χ1v) is 29.9. The zero-order chi connectivity index (χ0) is 54.5. The van der Waals surface area contributed by atoms with Crippen molar-refractivity contribution in [1.29, 1.82) is 0 Å². The molecule has 2 aliphatic carbocycles. The average Bonchev–Trinajstić information content (AvgIpc) is 1.54. The summed E-state index contributed by atoms with van der Waals surface area (Å²) in [7, 11) is 0. The fourth-order valence-corrected chi connectivity index (χ4v) is 16.6. The van der Waals surface area contributed by atoms with E-state index in [1.165, 1.54) is 40.3 Å². The molecule has 3 nitrogen and oxygen atoms in total. The van der Waals surface area contributed by atoms with E-state index in [9.17, 15) is 0 Å². The van der Waals surface area contributed by atoms with E-state index >= 15 is 4.39 Å². The number of aromatic nitrogens is 1. The van der Waals surface area contributed by atoms with E-state index < -0.39 is 5.41 Å². The number of fused-ring (bicyclic) bond motifs is 21. The number of hydrogen-bond acceptors (Lipinski definition) is 4. The number of hydrogen-bond donors (Lipinski definition) is 0. The molecular weight excluding hydrogens is 1050 g/mol. The second-order valence-corrected chi connectivity index (χ2v) is 24.2. The number of para-hydroxylation sites is 3. The molecule has 0 unspecified atom stereocenters. The summed E-state index contributed by atoms with van der Waals surface area (Å²) >= 11 is 3.67. The Morgan fingerprint density at radius 2 is 0.855 bits per heavy atom. The minimum absolute atomic E-state index is 0.254. The molecule has 0 aliphatic heterocycles. The normalized spacial score (nSPS) is 14.1. The van der Waals surface area contributed by atoms with Crippen LogP contribution in [0, 0.1) is 5.82 Å². The highest BCUT2D eigenvalue weighted by molar-refractivity contribution is 7.26. The van der Waals surface area contributed by atoms with Gasteiger partial charge in [0.1, 0.15) is 5.82 Å². The predicted molar refractivity (Wildman–Crippen MR) is 350 cm³/mol. The molecule has 3 heterocycles. The quantitative estimate of drug-likeness (QED) is 0.158. The second kappa shape index (κ2) is 17.7. The molecule has 6 heteroatoms. The monoisotopic (exact) mass is 1100 g/mol. The third-order valence-corrected chi connectivity index (χ3v) is 20.0. The minimum atomic E-state index is -0.908. The fraction of sp³-hybridized carbons (Fsp3) is 0.0130. The number of rotatable bonds is 7. The topological polar surface area (TPSA) is 11.4 Å². The Morgan fingerprint density at radius 3 is 1.54 bits per heavy atom. The molecule has 0 amide bonds. The lowest BCUT2D eigenvalue weighted by Gasteiger charge is -2.33. The van der Waals surface area contributed by atoms with Crippen LogP contribution in [-0.2, 0) is 5.41 Å². The van der Waals surface area contributed by atoms with E-state index in [-0.39, 0.29) is 5.82 Å². The third kappa shape index (κ3) is 6.64. The van der Waals surface area contributed by atoms with Gasteiger partial charge >= 0.3 is 0 Å². The van der Waals surface area contributed by atoms with Crippen LogP contribution < -0.4 is 9.80 Å². The summed E-state index contributed by atoms with van der Waals surface area (Å²) in [6.45, 7) is 0. The standard InChI is InChI=1S/C77H46FN3S2/c78-49-32-36-57-56-26-12-15-29-64(56)77(66(57)42-49)65-41-48-19-11-10-18-47(48)40-62(65)74-67(77)46-69(80(51-22-6-2-7-23-51)55-35-39-73-61(44-55)59-28-14-17-31-71(59)83-73)76-75(74)63-45-53(33-37-68(63)81(76)52-24-8-3-9-25-52)79(50-20-4-1-5-21-50)54-34-38-72-60(43-54)58-27-13-16-30-70(58)82-72/h1-46H/t77-/m0/s1. The van der Waals surface area contributed by atoms with E-state index in [2.05, 4.69) is 275 Å². The molecule has 0 fully saturated rings. The number of benzene rings is 13. The van der Waals surface area contributed by atoms with Crippen molar-refractivity contribution < 1.29 is 4.39 Å². The van der Waals surface area contributed by atoms with Crippen molar-refractivity contribution in [2.24, 2.45) is 0 Å². The summed E-state index contributed by atoms with van der Waals surface area (Å²) in [4.78, 5) is 4.91.